The first kappa shape index (κ1) is 22.7. The molecule has 0 saturated carbocycles. The van der Waals surface area contributed by atoms with E-state index < -0.39 is 0 Å². The molecule has 0 spiro atoms. The van der Waals surface area contributed by atoms with E-state index in [-0.39, 0.29) is 24.0 Å². The summed E-state index contributed by atoms with van der Waals surface area (Å²) in [4.78, 5) is 7.17. The van der Waals surface area contributed by atoms with Crippen molar-refractivity contribution < 1.29 is 14.2 Å². The molecule has 0 amide bonds. The van der Waals surface area contributed by atoms with Gasteiger partial charge < -0.3 is 24.4 Å². The molecule has 1 N–H and O–H groups in total. The van der Waals surface area contributed by atoms with Crippen LogP contribution in [0.5, 0.6) is 17.2 Å². The maximum atomic E-state index is 5.42. The third-order valence-corrected chi connectivity index (χ3v) is 4.55. The van der Waals surface area contributed by atoms with E-state index in [4.69, 9.17) is 19.2 Å². The van der Waals surface area contributed by atoms with Crippen molar-refractivity contribution in [2.75, 3.05) is 41.0 Å². The van der Waals surface area contributed by atoms with E-state index in [0.717, 1.165) is 37.1 Å². The third kappa shape index (κ3) is 5.82. The summed E-state index contributed by atoms with van der Waals surface area (Å²) in [5, 5.41) is 3.41. The van der Waals surface area contributed by atoms with Gasteiger partial charge >= 0.3 is 0 Å². The number of piperidine rings is 1. The van der Waals surface area contributed by atoms with Crippen LogP contribution in [0.15, 0.2) is 17.1 Å². The second-order valence-corrected chi connectivity index (χ2v) is 6.37. The molecule has 6 nitrogen and oxygen atoms in total. The Morgan fingerprint density at radius 3 is 2.15 bits per heavy atom. The van der Waals surface area contributed by atoms with Gasteiger partial charge in [0.25, 0.3) is 0 Å². The van der Waals surface area contributed by atoms with Gasteiger partial charge in [-0.25, -0.2) is 4.99 Å². The monoisotopic (exact) mass is 477 g/mol. The van der Waals surface area contributed by atoms with Gasteiger partial charge in [-0.15, -0.1) is 24.0 Å². The number of guanidine groups is 1. The molecule has 1 aliphatic rings. The van der Waals surface area contributed by atoms with E-state index in [0.29, 0.717) is 23.8 Å². The average molecular weight is 477 g/mol. The Hall–Kier alpha value is -1.38. The summed E-state index contributed by atoms with van der Waals surface area (Å²) >= 11 is 0. The SMILES string of the molecule is CCNC(=NCc1cc(OC)c(OC)c(OC)c1)N1CCC(C)CC1.I. The van der Waals surface area contributed by atoms with Gasteiger partial charge in [0, 0.05) is 19.6 Å². The van der Waals surface area contributed by atoms with Crippen LogP contribution >= 0.6 is 24.0 Å². The quantitative estimate of drug-likeness (QED) is 0.386. The van der Waals surface area contributed by atoms with Crippen LogP contribution in [0.2, 0.25) is 0 Å². The second kappa shape index (κ2) is 11.4. The summed E-state index contributed by atoms with van der Waals surface area (Å²) in [7, 11) is 4.87. The molecule has 1 aromatic rings. The fourth-order valence-corrected chi connectivity index (χ4v) is 3.04. The molecule has 1 aliphatic heterocycles. The number of nitrogens with zero attached hydrogens (tertiary/aromatic N) is 2. The van der Waals surface area contributed by atoms with Crippen LogP contribution in [-0.2, 0) is 6.54 Å². The molecule has 26 heavy (non-hydrogen) atoms. The highest BCUT2D eigenvalue weighted by Gasteiger charge is 2.19. The van der Waals surface area contributed by atoms with Crippen molar-refractivity contribution >= 4 is 29.9 Å². The van der Waals surface area contributed by atoms with Gasteiger partial charge in [0.1, 0.15) is 0 Å². The molecule has 7 heteroatoms. The number of hydrogen-bond acceptors (Lipinski definition) is 4. The first-order valence-electron chi connectivity index (χ1n) is 8.95. The van der Waals surface area contributed by atoms with Gasteiger partial charge in [0.2, 0.25) is 5.75 Å². The third-order valence-electron chi connectivity index (χ3n) is 4.55. The lowest BCUT2D eigenvalue weighted by molar-refractivity contribution is 0.273. The zero-order chi connectivity index (χ0) is 18.2. The fraction of sp³-hybridized carbons (Fsp3) is 0.632. The Balaban J connectivity index is 0.00000338. The molecule has 0 radical (unpaired) electrons. The number of benzene rings is 1. The summed E-state index contributed by atoms with van der Waals surface area (Å²) in [5.41, 5.74) is 1.02. The van der Waals surface area contributed by atoms with Crippen molar-refractivity contribution in [1.82, 2.24) is 10.2 Å². The molecule has 0 aliphatic carbocycles. The van der Waals surface area contributed by atoms with Crippen molar-refractivity contribution in [2.24, 2.45) is 10.9 Å². The average Bonchev–Trinajstić information content (AvgIpc) is 2.64. The highest BCUT2D eigenvalue weighted by molar-refractivity contribution is 14.0. The van der Waals surface area contributed by atoms with E-state index in [1.54, 1.807) is 21.3 Å². The lowest BCUT2D eigenvalue weighted by Crippen LogP contribution is -2.45. The van der Waals surface area contributed by atoms with Crippen LogP contribution in [-0.4, -0.2) is 51.8 Å². The summed E-state index contributed by atoms with van der Waals surface area (Å²) < 4.78 is 16.2. The van der Waals surface area contributed by atoms with Gasteiger partial charge in [-0.05, 0) is 43.4 Å². The molecule has 1 fully saturated rings. The Morgan fingerprint density at radius 1 is 1.12 bits per heavy atom. The number of nitrogens with one attached hydrogen (secondary N) is 1. The maximum absolute atomic E-state index is 5.42. The minimum Gasteiger partial charge on any atom is -0.493 e. The Labute approximate surface area is 174 Å². The van der Waals surface area contributed by atoms with Crippen molar-refractivity contribution in [2.45, 2.75) is 33.2 Å². The van der Waals surface area contributed by atoms with E-state index in [1.165, 1.54) is 12.8 Å². The fourth-order valence-electron chi connectivity index (χ4n) is 3.04. The van der Waals surface area contributed by atoms with E-state index in [1.807, 2.05) is 12.1 Å². The topological polar surface area (TPSA) is 55.3 Å². The van der Waals surface area contributed by atoms with Crippen LogP contribution in [0.3, 0.4) is 0 Å². The minimum absolute atomic E-state index is 0. The molecule has 2 rings (SSSR count). The van der Waals surface area contributed by atoms with Crippen LogP contribution in [0.1, 0.15) is 32.3 Å². The van der Waals surface area contributed by atoms with Gasteiger partial charge in [0.05, 0.1) is 27.9 Å². The first-order chi connectivity index (χ1) is 12.1. The summed E-state index contributed by atoms with van der Waals surface area (Å²) in [6.45, 7) is 7.95. The van der Waals surface area contributed by atoms with Crippen molar-refractivity contribution in [3.63, 3.8) is 0 Å². The Kier molecular flexibility index (Phi) is 9.90. The lowest BCUT2D eigenvalue weighted by atomic mass is 10.00. The van der Waals surface area contributed by atoms with Gasteiger partial charge in [0.15, 0.2) is 17.5 Å². The highest BCUT2D eigenvalue weighted by Crippen LogP contribution is 2.38. The molecule has 1 heterocycles. The predicted molar refractivity (Wildman–Crippen MR) is 116 cm³/mol. The second-order valence-electron chi connectivity index (χ2n) is 6.37. The zero-order valence-corrected chi connectivity index (χ0v) is 18.8. The molecule has 148 valence electrons. The molecule has 1 saturated heterocycles. The van der Waals surface area contributed by atoms with Crippen LogP contribution in [0, 0.1) is 5.92 Å². The van der Waals surface area contributed by atoms with Gasteiger partial charge in [-0.2, -0.15) is 0 Å². The largest absolute Gasteiger partial charge is 0.493 e. The number of ether oxygens (including phenoxy) is 3. The Morgan fingerprint density at radius 2 is 1.69 bits per heavy atom. The molecular weight excluding hydrogens is 445 g/mol. The minimum atomic E-state index is 0. The van der Waals surface area contributed by atoms with Gasteiger partial charge in [-0.1, -0.05) is 6.92 Å². The number of rotatable bonds is 6. The highest BCUT2D eigenvalue weighted by atomic mass is 127. The Bertz CT molecular complexity index is 562. The molecule has 0 aromatic heterocycles. The van der Waals surface area contributed by atoms with Gasteiger partial charge in [-0.3, -0.25) is 0 Å². The first-order valence-corrected chi connectivity index (χ1v) is 8.95. The standard InChI is InChI=1S/C19H31N3O3.HI/c1-6-20-19(22-9-7-14(2)8-10-22)21-13-15-11-16(23-3)18(25-5)17(12-15)24-4;/h11-12,14H,6-10,13H2,1-5H3,(H,20,21);1H. The van der Waals surface area contributed by atoms with Crippen molar-refractivity contribution in [3.05, 3.63) is 17.7 Å². The van der Waals surface area contributed by atoms with E-state index in [9.17, 15) is 0 Å². The maximum Gasteiger partial charge on any atom is 0.203 e. The summed E-state index contributed by atoms with van der Waals surface area (Å²) in [6.07, 6.45) is 2.43. The molecule has 0 unspecified atom stereocenters. The van der Waals surface area contributed by atoms with E-state index in [2.05, 4.69) is 24.1 Å². The molecule has 0 bridgehead atoms. The zero-order valence-electron chi connectivity index (χ0n) is 16.5. The summed E-state index contributed by atoms with van der Waals surface area (Å²) in [5.74, 6) is 3.69. The van der Waals surface area contributed by atoms with Crippen molar-refractivity contribution in [1.29, 1.82) is 0 Å². The van der Waals surface area contributed by atoms with E-state index >= 15 is 0 Å². The molecule has 1 aromatic carbocycles. The molecule has 0 atom stereocenters. The van der Waals surface area contributed by atoms with Crippen LogP contribution in [0.25, 0.3) is 0 Å². The molecular formula is C19H32IN3O3. The summed E-state index contributed by atoms with van der Waals surface area (Å²) in [6, 6.07) is 3.90. The van der Waals surface area contributed by atoms with Crippen molar-refractivity contribution in [3.8, 4) is 17.2 Å². The lowest BCUT2D eigenvalue weighted by Gasteiger charge is -2.33. The normalized spacial score (nSPS) is 15.3. The number of methoxy groups -OCH3 is 3. The number of aliphatic imine (C=N–C) groups is 1. The number of hydrogen-bond donors (Lipinski definition) is 1. The predicted octanol–water partition coefficient (Wildman–Crippen LogP) is 3.53. The smallest absolute Gasteiger partial charge is 0.203 e. The van der Waals surface area contributed by atoms with Crippen LogP contribution in [0.4, 0.5) is 0 Å². The van der Waals surface area contributed by atoms with Crippen LogP contribution < -0.4 is 19.5 Å². The number of halogens is 1. The number of likely N-dealkylation sites (tertiary alicyclic amines) is 1.